The highest BCUT2D eigenvalue weighted by molar-refractivity contribution is 6.16. The minimum Gasteiger partial charge on any atom is -0.355 e. The Balaban J connectivity index is 1.28. The first-order chi connectivity index (χ1) is 21.0. The van der Waals surface area contributed by atoms with Crippen molar-refractivity contribution in [2.24, 2.45) is 0 Å². The van der Waals surface area contributed by atoms with E-state index in [9.17, 15) is 0 Å². The molecule has 0 heterocycles. The van der Waals surface area contributed by atoms with E-state index in [0.717, 1.165) is 11.4 Å². The van der Waals surface area contributed by atoms with Crippen molar-refractivity contribution in [2.75, 3.05) is 5.32 Å². The Morgan fingerprint density at radius 3 is 1.70 bits per heavy atom. The van der Waals surface area contributed by atoms with Crippen molar-refractivity contribution in [2.45, 2.75) is 26.2 Å². The normalized spacial score (nSPS) is 11.6. The zero-order valence-corrected chi connectivity index (χ0v) is 24.9. The molecule has 0 spiro atoms. The van der Waals surface area contributed by atoms with Gasteiger partial charge in [0.05, 0.1) is 0 Å². The van der Waals surface area contributed by atoms with E-state index in [-0.39, 0.29) is 5.41 Å². The molecule has 0 unspecified atom stereocenters. The lowest BCUT2D eigenvalue weighted by Crippen LogP contribution is -2.14. The van der Waals surface area contributed by atoms with Crippen LogP contribution in [0.1, 0.15) is 26.3 Å². The van der Waals surface area contributed by atoms with Crippen LogP contribution in [0.3, 0.4) is 0 Å². The van der Waals surface area contributed by atoms with E-state index >= 15 is 0 Å². The predicted molar refractivity (Wildman–Crippen MR) is 186 cm³/mol. The summed E-state index contributed by atoms with van der Waals surface area (Å²) in [6.07, 6.45) is 0. The van der Waals surface area contributed by atoms with Crippen LogP contribution in [0.25, 0.3) is 54.9 Å². The summed E-state index contributed by atoms with van der Waals surface area (Å²) in [4.78, 5) is 0. The molecule has 0 aliphatic rings. The fraction of sp³-hybridized carbons (Fsp3) is 0.0952. The molecule has 0 atom stereocenters. The van der Waals surface area contributed by atoms with Crippen LogP contribution in [0.4, 0.5) is 11.4 Å². The molecule has 0 bridgehead atoms. The van der Waals surface area contributed by atoms with E-state index < -0.39 is 0 Å². The number of benzene rings is 7. The maximum absolute atomic E-state index is 3.68. The number of para-hydroxylation sites is 1. The van der Waals surface area contributed by atoms with Crippen molar-refractivity contribution in [1.82, 2.24) is 0 Å². The van der Waals surface area contributed by atoms with E-state index in [0.29, 0.717) is 0 Å². The highest BCUT2D eigenvalue weighted by Gasteiger charge is 2.24. The fourth-order valence-electron chi connectivity index (χ4n) is 6.44. The van der Waals surface area contributed by atoms with Crippen LogP contribution < -0.4 is 5.32 Å². The average Bonchev–Trinajstić information content (AvgIpc) is 3.04. The molecule has 0 radical (unpaired) electrons. The second-order valence-corrected chi connectivity index (χ2v) is 12.3. The zero-order valence-electron chi connectivity index (χ0n) is 24.9. The number of fused-ring (bicyclic) bond motifs is 3. The van der Waals surface area contributed by atoms with Gasteiger partial charge < -0.3 is 5.32 Å². The van der Waals surface area contributed by atoms with E-state index in [2.05, 4.69) is 178 Å². The molecule has 7 aromatic carbocycles. The van der Waals surface area contributed by atoms with Crippen LogP contribution in [0.2, 0.25) is 0 Å². The third-order valence-electron chi connectivity index (χ3n) is 8.34. The molecule has 0 aromatic heterocycles. The van der Waals surface area contributed by atoms with Gasteiger partial charge in [-0.2, -0.15) is 0 Å². The standard InChI is InChI=1S/C42H35N/c1-42(2,3)41-38-22-10-8-20-36(38)35-19-7-9-21-37(35)40(41)31-26-24-29(25-27-31)32-16-13-17-33(28-32)43-39-23-12-11-18-34(39)30-14-5-4-6-15-30/h4-28,43H,1-3H3. The second kappa shape index (κ2) is 10.9. The monoisotopic (exact) mass is 553 g/mol. The molecule has 7 rings (SSSR count). The average molecular weight is 554 g/mol. The third-order valence-corrected chi connectivity index (χ3v) is 8.34. The SMILES string of the molecule is CC(C)(C)c1c(-c2ccc(-c3cccc(Nc4ccccc4-c4ccccc4)c3)cc2)c2ccccc2c2ccccc12. The fourth-order valence-corrected chi connectivity index (χ4v) is 6.44. The van der Waals surface area contributed by atoms with E-state index in [1.54, 1.807) is 0 Å². The first-order valence-electron chi connectivity index (χ1n) is 15.0. The van der Waals surface area contributed by atoms with E-state index in [1.807, 2.05) is 0 Å². The van der Waals surface area contributed by atoms with Gasteiger partial charge in [0.25, 0.3) is 0 Å². The molecule has 0 aliphatic heterocycles. The smallest absolute Gasteiger partial charge is 0.0463 e. The Morgan fingerprint density at radius 2 is 0.977 bits per heavy atom. The lowest BCUT2D eigenvalue weighted by molar-refractivity contribution is 0.598. The Morgan fingerprint density at radius 1 is 0.419 bits per heavy atom. The molecule has 208 valence electrons. The molecule has 0 saturated carbocycles. The third kappa shape index (κ3) is 5.08. The van der Waals surface area contributed by atoms with Crippen LogP contribution in [-0.4, -0.2) is 0 Å². The summed E-state index contributed by atoms with van der Waals surface area (Å²) in [5.41, 5.74) is 10.9. The van der Waals surface area contributed by atoms with Crippen LogP contribution in [0, 0.1) is 0 Å². The van der Waals surface area contributed by atoms with Crippen LogP contribution >= 0.6 is 0 Å². The lowest BCUT2D eigenvalue weighted by atomic mass is 9.76. The van der Waals surface area contributed by atoms with Crippen LogP contribution in [0.5, 0.6) is 0 Å². The topological polar surface area (TPSA) is 12.0 Å². The van der Waals surface area contributed by atoms with Gasteiger partial charge in [0, 0.05) is 16.9 Å². The zero-order chi connectivity index (χ0) is 29.4. The molecular formula is C42H35N. The van der Waals surface area contributed by atoms with Crippen molar-refractivity contribution >= 4 is 32.9 Å². The minimum atomic E-state index is -0.0202. The Labute approximate surface area is 254 Å². The summed E-state index contributed by atoms with van der Waals surface area (Å²) < 4.78 is 0. The highest BCUT2D eigenvalue weighted by Crippen LogP contribution is 2.44. The maximum atomic E-state index is 3.68. The van der Waals surface area contributed by atoms with Gasteiger partial charge in [-0.05, 0) is 78.5 Å². The molecule has 1 heteroatoms. The van der Waals surface area contributed by atoms with E-state index in [4.69, 9.17) is 0 Å². The van der Waals surface area contributed by atoms with E-state index in [1.165, 1.54) is 60.5 Å². The molecule has 7 aromatic rings. The lowest BCUT2D eigenvalue weighted by Gasteiger charge is -2.27. The summed E-state index contributed by atoms with van der Waals surface area (Å²) in [6, 6.07) is 54.6. The highest BCUT2D eigenvalue weighted by atomic mass is 14.9. The summed E-state index contributed by atoms with van der Waals surface area (Å²) in [5, 5.41) is 8.95. The molecule has 1 N–H and O–H groups in total. The van der Waals surface area contributed by atoms with Crippen molar-refractivity contribution in [3.8, 4) is 33.4 Å². The van der Waals surface area contributed by atoms with Crippen molar-refractivity contribution in [1.29, 1.82) is 0 Å². The Hall–Kier alpha value is -5.14. The van der Waals surface area contributed by atoms with Crippen LogP contribution in [-0.2, 0) is 5.41 Å². The second-order valence-electron chi connectivity index (χ2n) is 12.3. The number of nitrogens with one attached hydrogen (secondary N) is 1. The summed E-state index contributed by atoms with van der Waals surface area (Å²) in [6.45, 7) is 6.99. The summed E-state index contributed by atoms with van der Waals surface area (Å²) in [7, 11) is 0. The number of rotatable bonds is 5. The van der Waals surface area contributed by atoms with Gasteiger partial charge in [-0.15, -0.1) is 0 Å². The van der Waals surface area contributed by atoms with Gasteiger partial charge in [-0.1, -0.05) is 154 Å². The first kappa shape index (κ1) is 26.7. The number of anilines is 2. The van der Waals surface area contributed by atoms with Crippen LogP contribution in [0.15, 0.2) is 152 Å². The quantitative estimate of drug-likeness (QED) is 0.209. The number of hydrogen-bond acceptors (Lipinski definition) is 1. The van der Waals surface area contributed by atoms with Gasteiger partial charge in [0.1, 0.15) is 0 Å². The van der Waals surface area contributed by atoms with Gasteiger partial charge in [-0.3, -0.25) is 0 Å². The molecule has 0 aliphatic carbocycles. The van der Waals surface area contributed by atoms with Gasteiger partial charge in [-0.25, -0.2) is 0 Å². The van der Waals surface area contributed by atoms with Crippen molar-refractivity contribution in [3.63, 3.8) is 0 Å². The van der Waals surface area contributed by atoms with Gasteiger partial charge in [0.15, 0.2) is 0 Å². The summed E-state index contributed by atoms with van der Waals surface area (Å²) in [5.74, 6) is 0. The molecule has 1 nitrogen and oxygen atoms in total. The maximum Gasteiger partial charge on any atom is 0.0463 e. The number of hydrogen-bond donors (Lipinski definition) is 1. The molecule has 0 saturated heterocycles. The Bertz CT molecular complexity index is 2060. The predicted octanol–water partition coefficient (Wildman–Crippen LogP) is 12.0. The first-order valence-corrected chi connectivity index (χ1v) is 15.0. The molecule has 0 amide bonds. The van der Waals surface area contributed by atoms with Gasteiger partial charge in [0.2, 0.25) is 0 Å². The molecule has 0 fully saturated rings. The summed E-state index contributed by atoms with van der Waals surface area (Å²) >= 11 is 0. The van der Waals surface area contributed by atoms with Crippen molar-refractivity contribution in [3.05, 3.63) is 157 Å². The van der Waals surface area contributed by atoms with Crippen molar-refractivity contribution < 1.29 is 0 Å². The minimum absolute atomic E-state index is 0.0202. The Kier molecular flexibility index (Phi) is 6.80. The largest absolute Gasteiger partial charge is 0.355 e. The molecule has 43 heavy (non-hydrogen) atoms. The molecular weight excluding hydrogens is 518 g/mol. The van der Waals surface area contributed by atoms with Gasteiger partial charge >= 0.3 is 0 Å².